The van der Waals surface area contributed by atoms with Crippen molar-refractivity contribution in [3.05, 3.63) is 88.4 Å². The van der Waals surface area contributed by atoms with Gasteiger partial charge in [-0.1, -0.05) is 65.7 Å². The summed E-state index contributed by atoms with van der Waals surface area (Å²) in [6, 6.07) is 19.6. The van der Waals surface area contributed by atoms with E-state index in [0.29, 0.717) is 5.56 Å². The van der Waals surface area contributed by atoms with Gasteiger partial charge in [-0.2, -0.15) is 0 Å². The van der Waals surface area contributed by atoms with Gasteiger partial charge in [-0.15, -0.1) is 0 Å². The van der Waals surface area contributed by atoms with Crippen molar-refractivity contribution >= 4 is 27.4 Å². The second-order valence-corrected chi connectivity index (χ2v) is 8.39. The first-order valence-corrected chi connectivity index (χ1v) is 10.1. The Morgan fingerprint density at radius 1 is 0.852 bits per heavy atom. The number of carbonyl (C=O) groups excluding carboxylic acids is 1. The highest BCUT2D eigenvalue weighted by Gasteiger charge is 2.19. The van der Waals surface area contributed by atoms with Crippen LogP contribution in [0.1, 0.15) is 21.5 Å². The van der Waals surface area contributed by atoms with E-state index in [1.54, 1.807) is 12.1 Å². The molecule has 0 amide bonds. The fraction of sp³-hybridized carbons (Fsp3) is 0.0952. The summed E-state index contributed by atoms with van der Waals surface area (Å²) in [5.41, 5.74) is 3.98. The minimum absolute atomic E-state index is 0.0654. The molecule has 0 unspecified atom stereocenters. The molecule has 4 nitrogen and oxygen atoms in total. The number of halogens is 1. The van der Waals surface area contributed by atoms with Gasteiger partial charge in [0.05, 0.1) is 5.02 Å². The number of benzene rings is 3. The molecule has 0 aromatic heterocycles. The predicted octanol–water partition coefficient (Wildman–Crippen LogP) is 4.45. The number of sulfonamides is 1. The molecule has 3 rings (SSSR count). The van der Waals surface area contributed by atoms with Gasteiger partial charge < -0.3 is 0 Å². The summed E-state index contributed by atoms with van der Waals surface area (Å²) in [4.78, 5) is 12.6. The van der Waals surface area contributed by atoms with Crippen LogP contribution in [0.3, 0.4) is 0 Å². The van der Waals surface area contributed by atoms with Crippen molar-refractivity contribution in [2.24, 2.45) is 0 Å². The van der Waals surface area contributed by atoms with Crippen LogP contribution in [-0.2, 0) is 10.0 Å². The largest absolute Gasteiger partial charge is 0.289 e. The monoisotopic (exact) mass is 399 g/mol. The maximum atomic E-state index is 12.8. The Hall–Kier alpha value is -2.47. The van der Waals surface area contributed by atoms with E-state index in [-0.39, 0.29) is 21.3 Å². The molecular formula is C21H18ClNO3S. The molecule has 27 heavy (non-hydrogen) atoms. The Balaban J connectivity index is 1.92. The fourth-order valence-corrected chi connectivity index (χ4v) is 3.94. The van der Waals surface area contributed by atoms with Crippen molar-refractivity contribution in [2.75, 3.05) is 7.05 Å². The van der Waals surface area contributed by atoms with Crippen molar-refractivity contribution in [1.82, 2.24) is 4.72 Å². The lowest BCUT2D eigenvalue weighted by molar-refractivity contribution is 0.103. The van der Waals surface area contributed by atoms with E-state index >= 15 is 0 Å². The summed E-state index contributed by atoms with van der Waals surface area (Å²) in [5, 5.41) is 0.0654. The molecule has 6 heteroatoms. The Kier molecular flexibility index (Phi) is 5.46. The van der Waals surface area contributed by atoms with Gasteiger partial charge >= 0.3 is 0 Å². The molecular weight excluding hydrogens is 382 g/mol. The average molecular weight is 400 g/mol. The number of ketones is 1. The summed E-state index contributed by atoms with van der Waals surface area (Å²) in [5.74, 6) is -0.269. The predicted molar refractivity (Wildman–Crippen MR) is 108 cm³/mol. The van der Waals surface area contributed by atoms with Crippen LogP contribution in [0.4, 0.5) is 0 Å². The minimum Gasteiger partial charge on any atom is -0.289 e. The molecule has 3 aromatic rings. The van der Waals surface area contributed by atoms with Crippen molar-refractivity contribution in [3.63, 3.8) is 0 Å². The van der Waals surface area contributed by atoms with Crippen LogP contribution in [0.2, 0.25) is 5.02 Å². The number of hydrogen-bond acceptors (Lipinski definition) is 3. The third-order valence-corrected chi connectivity index (χ3v) is 6.18. The molecule has 0 atom stereocenters. The van der Waals surface area contributed by atoms with Gasteiger partial charge in [0.25, 0.3) is 0 Å². The lowest BCUT2D eigenvalue weighted by Gasteiger charge is -2.08. The van der Waals surface area contributed by atoms with Crippen LogP contribution in [0, 0.1) is 6.92 Å². The first kappa shape index (κ1) is 19.3. The number of rotatable bonds is 5. The fourth-order valence-electron chi connectivity index (χ4n) is 2.69. The molecule has 0 saturated heterocycles. The lowest BCUT2D eigenvalue weighted by Crippen LogP contribution is -2.19. The zero-order valence-electron chi connectivity index (χ0n) is 14.9. The molecule has 0 bridgehead atoms. The summed E-state index contributed by atoms with van der Waals surface area (Å²) in [6.07, 6.45) is 0. The van der Waals surface area contributed by atoms with Crippen molar-refractivity contribution < 1.29 is 13.2 Å². The molecule has 0 aliphatic heterocycles. The number of nitrogens with one attached hydrogen (secondary N) is 1. The van der Waals surface area contributed by atoms with Crippen molar-refractivity contribution in [3.8, 4) is 11.1 Å². The van der Waals surface area contributed by atoms with E-state index in [1.165, 1.54) is 30.8 Å². The lowest BCUT2D eigenvalue weighted by atomic mass is 9.99. The topological polar surface area (TPSA) is 63.2 Å². The van der Waals surface area contributed by atoms with Crippen LogP contribution < -0.4 is 4.72 Å². The Morgan fingerprint density at radius 3 is 1.93 bits per heavy atom. The van der Waals surface area contributed by atoms with E-state index in [1.807, 2.05) is 43.3 Å². The van der Waals surface area contributed by atoms with Gasteiger partial charge in [0.1, 0.15) is 4.90 Å². The van der Waals surface area contributed by atoms with Crippen LogP contribution in [-0.4, -0.2) is 21.2 Å². The zero-order chi connectivity index (χ0) is 19.6. The van der Waals surface area contributed by atoms with Crippen molar-refractivity contribution in [1.29, 1.82) is 0 Å². The highest BCUT2D eigenvalue weighted by atomic mass is 35.5. The normalized spacial score (nSPS) is 11.4. The molecule has 138 valence electrons. The third kappa shape index (κ3) is 4.11. The molecule has 0 heterocycles. The summed E-state index contributed by atoms with van der Waals surface area (Å²) in [6.45, 7) is 2.03. The molecule has 3 aromatic carbocycles. The van der Waals surface area contributed by atoms with Gasteiger partial charge in [-0.25, -0.2) is 13.1 Å². The summed E-state index contributed by atoms with van der Waals surface area (Å²) in [7, 11) is -2.45. The SMILES string of the molecule is CNS(=O)(=O)c1cc(C(=O)c2ccc(-c3ccc(C)cc3)cc2)ccc1Cl. The maximum absolute atomic E-state index is 12.8. The van der Waals surface area contributed by atoms with Gasteiger partial charge in [0, 0.05) is 11.1 Å². The highest BCUT2D eigenvalue weighted by Crippen LogP contribution is 2.25. The number of hydrogen-bond donors (Lipinski definition) is 1. The number of aryl methyl sites for hydroxylation is 1. The molecule has 1 N–H and O–H groups in total. The van der Waals surface area contributed by atoms with Gasteiger partial charge in [0.2, 0.25) is 10.0 Å². The van der Waals surface area contributed by atoms with Crippen LogP contribution in [0.25, 0.3) is 11.1 Å². The Labute approximate surface area is 163 Å². The third-order valence-electron chi connectivity index (χ3n) is 4.28. The average Bonchev–Trinajstić information content (AvgIpc) is 2.68. The summed E-state index contributed by atoms with van der Waals surface area (Å²) >= 11 is 5.98. The molecule has 0 aliphatic carbocycles. The van der Waals surface area contributed by atoms with Gasteiger partial charge in [-0.05, 0) is 43.3 Å². The highest BCUT2D eigenvalue weighted by molar-refractivity contribution is 7.89. The Bertz CT molecular complexity index is 1090. The minimum atomic E-state index is -3.75. The Morgan fingerprint density at radius 2 is 1.37 bits per heavy atom. The first-order chi connectivity index (χ1) is 12.8. The molecule has 0 spiro atoms. The van der Waals surface area contributed by atoms with Crippen LogP contribution in [0.15, 0.2) is 71.6 Å². The van der Waals surface area contributed by atoms with E-state index < -0.39 is 10.0 Å². The maximum Gasteiger partial charge on any atom is 0.241 e. The molecule has 0 radical (unpaired) electrons. The molecule has 0 saturated carbocycles. The van der Waals surface area contributed by atoms with Gasteiger partial charge in [0.15, 0.2) is 5.78 Å². The van der Waals surface area contributed by atoms with Gasteiger partial charge in [-0.3, -0.25) is 4.79 Å². The van der Waals surface area contributed by atoms with E-state index in [9.17, 15) is 13.2 Å². The quantitative estimate of drug-likeness (QED) is 0.644. The van der Waals surface area contributed by atoms with Crippen LogP contribution in [0.5, 0.6) is 0 Å². The van der Waals surface area contributed by atoms with Crippen molar-refractivity contribution in [2.45, 2.75) is 11.8 Å². The zero-order valence-corrected chi connectivity index (χ0v) is 16.4. The van der Waals surface area contributed by atoms with E-state index in [4.69, 9.17) is 11.6 Å². The van der Waals surface area contributed by atoms with E-state index in [2.05, 4.69) is 4.72 Å². The molecule has 0 fully saturated rings. The summed E-state index contributed by atoms with van der Waals surface area (Å²) < 4.78 is 26.3. The second-order valence-electron chi connectivity index (χ2n) is 6.13. The standard InChI is InChI=1S/C21H18ClNO3S/c1-14-3-5-15(6-4-14)16-7-9-17(10-8-16)21(24)18-11-12-19(22)20(13-18)27(25,26)23-2/h3-13,23H,1-2H3. The second kappa shape index (κ2) is 7.64. The van der Waals surface area contributed by atoms with Crippen LogP contribution >= 0.6 is 11.6 Å². The number of carbonyl (C=O) groups is 1. The smallest absolute Gasteiger partial charge is 0.241 e. The molecule has 0 aliphatic rings. The first-order valence-electron chi connectivity index (χ1n) is 8.27. The van der Waals surface area contributed by atoms with E-state index in [0.717, 1.165) is 11.1 Å².